The zero-order valence-electron chi connectivity index (χ0n) is 6.87. The molecule has 0 aromatic rings. The van der Waals surface area contributed by atoms with Crippen LogP contribution in [0.2, 0.25) is 0 Å². The lowest BCUT2D eigenvalue weighted by atomic mass is 10.0. The molecular weight excluding hydrogens is 170 g/mol. The Morgan fingerprint density at radius 3 is 2.77 bits per heavy atom. The topological polar surface area (TPSA) is 99.1 Å². The summed E-state index contributed by atoms with van der Waals surface area (Å²) in [5, 5.41) is 19.9. The van der Waals surface area contributed by atoms with Crippen molar-refractivity contribution in [3.8, 4) is 6.07 Å². The van der Waals surface area contributed by atoms with Crippen LogP contribution in [0.4, 0.5) is 0 Å². The molecule has 1 aliphatic rings. The van der Waals surface area contributed by atoms with Gasteiger partial charge in [0.05, 0.1) is 12.5 Å². The molecule has 5 heteroatoms. The Morgan fingerprint density at radius 2 is 2.38 bits per heavy atom. The van der Waals surface area contributed by atoms with E-state index in [0.717, 1.165) is 0 Å². The summed E-state index contributed by atoms with van der Waals surface area (Å²) < 4.78 is 0. The molecule has 13 heavy (non-hydrogen) atoms. The van der Waals surface area contributed by atoms with Crippen LogP contribution in [0.15, 0.2) is 23.6 Å². The molecule has 0 unspecified atom stereocenters. The third-order valence-electron chi connectivity index (χ3n) is 1.74. The number of hydrogen-bond donors (Lipinski definition) is 3. The van der Waals surface area contributed by atoms with Gasteiger partial charge >= 0.3 is 0 Å². The maximum absolute atomic E-state index is 10.9. The van der Waals surface area contributed by atoms with Gasteiger partial charge in [-0.3, -0.25) is 4.79 Å². The van der Waals surface area contributed by atoms with Gasteiger partial charge < -0.3 is 16.2 Å². The van der Waals surface area contributed by atoms with Crippen molar-refractivity contribution in [1.29, 1.82) is 5.26 Å². The number of carbonyl (C=O) groups is 1. The minimum atomic E-state index is -0.670. The molecule has 1 amide bonds. The first kappa shape index (κ1) is 9.29. The predicted octanol–water partition coefficient (Wildman–Crippen LogP) is -0.317. The number of amides is 1. The summed E-state index contributed by atoms with van der Waals surface area (Å²) in [4.78, 5) is 10.9. The number of aliphatic hydroxyl groups excluding tert-OH is 1. The van der Waals surface area contributed by atoms with Gasteiger partial charge in [-0.25, -0.2) is 0 Å². The van der Waals surface area contributed by atoms with Crippen molar-refractivity contribution in [1.82, 2.24) is 5.32 Å². The Morgan fingerprint density at radius 1 is 1.77 bits per heavy atom. The Kier molecular flexibility index (Phi) is 2.35. The highest BCUT2D eigenvalue weighted by Crippen LogP contribution is 2.20. The monoisotopic (exact) mass is 179 g/mol. The first-order valence-corrected chi connectivity index (χ1v) is 3.64. The van der Waals surface area contributed by atoms with E-state index in [-0.39, 0.29) is 17.7 Å². The molecule has 1 atom stereocenters. The number of nitrogens with one attached hydrogen (secondary N) is 1. The molecule has 0 spiro atoms. The quantitative estimate of drug-likeness (QED) is 0.541. The average Bonchev–Trinajstić information content (AvgIpc) is 2.27. The maximum atomic E-state index is 10.9. The molecule has 1 rings (SSSR count). The Balaban J connectivity index is 2.96. The minimum Gasteiger partial charge on any atom is -0.503 e. The SMILES string of the molecule is C=C1NC(=O)C(O)=C1[C@@H](N)CC#N. The number of rotatable bonds is 2. The standard InChI is InChI=1S/C8H9N3O2/c1-4-6(5(10)2-3-9)7(12)8(13)11-4/h5,12H,1-2,10H2,(H,11,13)/t5-/m0/s1. The van der Waals surface area contributed by atoms with E-state index in [4.69, 9.17) is 11.0 Å². The lowest BCUT2D eigenvalue weighted by Crippen LogP contribution is -2.24. The van der Waals surface area contributed by atoms with E-state index in [1.165, 1.54) is 0 Å². The van der Waals surface area contributed by atoms with Gasteiger partial charge in [-0.1, -0.05) is 6.58 Å². The fourth-order valence-corrected chi connectivity index (χ4v) is 1.13. The second kappa shape index (κ2) is 3.29. The van der Waals surface area contributed by atoms with Gasteiger partial charge in [-0.15, -0.1) is 0 Å². The lowest BCUT2D eigenvalue weighted by molar-refractivity contribution is -0.118. The zero-order chi connectivity index (χ0) is 10.0. The summed E-state index contributed by atoms with van der Waals surface area (Å²) in [5.41, 5.74) is 6.04. The Bertz CT molecular complexity index is 338. The summed E-state index contributed by atoms with van der Waals surface area (Å²) in [6.07, 6.45) is 0.0351. The number of carbonyl (C=O) groups excluding carboxylic acids is 1. The second-order valence-electron chi connectivity index (χ2n) is 2.66. The van der Waals surface area contributed by atoms with Gasteiger partial charge in [-0.2, -0.15) is 5.26 Å². The lowest BCUT2D eigenvalue weighted by Gasteiger charge is -2.08. The first-order valence-electron chi connectivity index (χ1n) is 3.64. The number of nitrogens with zero attached hydrogens (tertiary/aromatic N) is 1. The zero-order valence-corrected chi connectivity index (χ0v) is 6.87. The van der Waals surface area contributed by atoms with Crippen molar-refractivity contribution >= 4 is 5.91 Å². The van der Waals surface area contributed by atoms with Gasteiger partial charge in [-0.05, 0) is 0 Å². The van der Waals surface area contributed by atoms with Crippen molar-refractivity contribution in [2.24, 2.45) is 5.73 Å². The van der Waals surface area contributed by atoms with Crippen LogP contribution in [0.5, 0.6) is 0 Å². The molecule has 0 saturated carbocycles. The molecular formula is C8H9N3O2. The van der Waals surface area contributed by atoms with E-state index in [9.17, 15) is 9.90 Å². The number of nitrogens with two attached hydrogens (primary N) is 1. The first-order chi connectivity index (χ1) is 6.07. The van der Waals surface area contributed by atoms with Crippen molar-refractivity contribution in [3.63, 3.8) is 0 Å². The molecule has 68 valence electrons. The third-order valence-corrected chi connectivity index (χ3v) is 1.74. The van der Waals surface area contributed by atoms with E-state index in [2.05, 4.69) is 11.9 Å². The summed E-state index contributed by atoms with van der Waals surface area (Å²) in [5.74, 6) is -1.05. The van der Waals surface area contributed by atoms with Crippen LogP contribution in [0.1, 0.15) is 6.42 Å². The van der Waals surface area contributed by atoms with Gasteiger partial charge in [0.2, 0.25) is 0 Å². The number of nitriles is 1. The minimum absolute atomic E-state index is 0.0351. The molecule has 1 heterocycles. The molecule has 0 bridgehead atoms. The van der Waals surface area contributed by atoms with Crippen LogP contribution >= 0.6 is 0 Å². The summed E-state index contributed by atoms with van der Waals surface area (Å²) in [7, 11) is 0. The number of aliphatic hydroxyl groups is 1. The fraction of sp³-hybridized carbons (Fsp3) is 0.250. The van der Waals surface area contributed by atoms with E-state index in [1.54, 1.807) is 0 Å². The van der Waals surface area contributed by atoms with Crippen molar-refractivity contribution in [2.45, 2.75) is 12.5 Å². The van der Waals surface area contributed by atoms with Crippen LogP contribution in [0, 0.1) is 11.3 Å². The smallest absolute Gasteiger partial charge is 0.290 e. The average molecular weight is 179 g/mol. The van der Waals surface area contributed by atoms with Crippen LogP contribution in [-0.4, -0.2) is 17.1 Å². The highest BCUT2D eigenvalue weighted by Gasteiger charge is 2.29. The van der Waals surface area contributed by atoms with Crippen LogP contribution in [0.3, 0.4) is 0 Å². The molecule has 0 saturated heterocycles. The predicted molar refractivity (Wildman–Crippen MR) is 45.1 cm³/mol. The maximum Gasteiger partial charge on any atom is 0.290 e. The van der Waals surface area contributed by atoms with E-state index in [0.29, 0.717) is 0 Å². The van der Waals surface area contributed by atoms with Gasteiger partial charge in [0.1, 0.15) is 0 Å². The Hall–Kier alpha value is -1.80. The molecule has 0 fully saturated rings. The fourth-order valence-electron chi connectivity index (χ4n) is 1.13. The third kappa shape index (κ3) is 1.53. The molecule has 0 aromatic carbocycles. The molecule has 5 nitrogen and oxygen atoms in total. The molecule has 4 N–H and O–H groups in total. The van der Waals surface area contributed by atoms with E-state index < -0.39 is 17.7 Å². The van der Waals surface area contributed by atoms with Crippen LogP contribution in [0.25, 0.3) is 0 Å². The molecule has 0 aromatic heterocycles. The highest BCUT2D eigenvalue weighted by molar-refractivity contribution is 5.98. The highest BCUT2D eigenvalue weighted by atomic mass is 16.3. The van der Waals surface area contributed by atoms with E-state index in [1.807, 2.05) is 6.07 Å². The molecule has 0 aliphatic carbocycles. The normalized spacial score (nSPS) is 18.5. The number of hydrogen-bond acceptors (Lipinski definition) is 4. The molecule has 0 radical (unpaired) electrons. The van der Waals surface area contributed by atoms with Crippen LogP contribution in [-0.2, 0) is 4.79 Å². The van der Waals surface area contributed by atoms with E-state index >= 15 is 0 Å². The largest absolute Gasteiger partial charge is 0.503 e. The second-order valence-corrected chi connectivity index (χ2v) is 2.66. The Labute approximate surface area is 75.1 Å². The van der Waals surface area contributed by atoms with Gasteiger partial charge in [0, 0.05) is 17.3 Å². The van der Waals surface area contributed by atoms with Gasteiger partial charge in [0.15, 0.2) is 5.76 Å². The summed E-state index contributed by atoms with van der Waals surface area (Å²) in [6, 6.07) is 1.18. The summed E-state index contributed by atoms with van der Waals surface area (Å²) >= 11 is 0. The van der Waals surface area contributed by atoms with Gasteiger partial charge in [0.25, 0.3) is 5.91 Å². The van der Waals surface area contributed by atoms with Crippen molar-refractivity contribution in [2.75, 3.05) is 0 Å². The summed E-state index contributed by atoms with van der Waals surface area (Å²) in [6.45, 7) is 3.50. The van der Waals surface area contributed by atoms with Crippen LogP contribution < -0.4 is 11.1 Å². The van der Waals surface area contributed by atoms with Crippen molar-refractivity contribution in [3.05, 3.63) is 23.6 Å². The molecule has 1 aliphatic heterocycles. The van der Waals surface area contributed by atoms with Crippen molar-refractivity contribution < 1.29 is 9.90 Å².